The zero-order valence-corrected chi connectivity index (χ0v) is 14.9. The number of nitrogens with two attached hydrogens (primary N) is 1. The zero-order valence-electron chi connectivity index (χ0n) is 12.6. The molecule has 0 amide bonds. The molecule has 0 aliphatic carbocycles. The maximum absolute atomic E-state index is 5.95. The van der Waals surface area contributed by atoms with Crippen molar-refractivity contribution < 1.29 is 4.74 Å². The van der Waals surface area contributed by atoms with E-state index in [0.29, 0.717) is 11.0 Å². The number of benzene rings is 1. The van der Waals surface area contributed by atoms with Crippen molar-refractivity contribution in [2.75, 3.05) is 30.8 Å². The first-order valence-electron chi connectivity index (χ1n) is 7.45. The summed E-state index contributed by atoms with van der Waals surface area (Å²) in [5.41, 5.74) is 6.94. The van der Waals surface area contributed by atoms with Gasteiger partial charge in [0.15, 0.2) is 0 Å². The Hall–Kier alpha value is -1.37. The van der Waals surface area contributed by atoms with Gasteiger partial charge in [-0.2, -0.15) is 4.98 Å². The average Bonchev–Trinajstić information content (AvgIpc) is 2.53. The SMILES string of the molecule is Nc1nc(Cl)cc(NCC2(c3cccc(Br)c3)CCOCC2)n1. The highest BCUT2D eigenvalue weighted by Crippen LogP contribution is 2.36. The highest BCUT2D eigenvalue weighted by atomic mass is 79.9. The summed E-state index contributed by atoms with van der Waals surface area (Å²) in [7, 11) is 0. The van der Waals surface area contributed by atoms with Gasteiger partial charge in [0, 0.05) is 35.7 Å². The predicted molar refractivity (Wildman–Crippen MR) is 95.8 cm³/mol. The molecule has 5 nitrogen and oxygen atoms in total. The summed E-state index contributed by atoms with van der Waals surface area (Å²) >= 11 is 9.51. The van der Waals surface area contributed by atoms with Crippen LogP contribution in [-0.4, -0.2) is 29.7 Å². The van der Waals surface area contributed by atoms with Crippen LogP contribution >= 0.6 is 27.5 Å². The largest absolute Gasteiger partial charge is 0.381 e. The minimum absolute atomic E-state index is 0.00574. The van der Waals surface area contributed by atoms with Crippen molar-refractivity contribution in [3.63, 3.8) is 0 Å². The van der Waals surface area contributed by atoms with Gasteiger partial charge in [0.25, 0.3) is 0 Å². The maximum Gasteiger partial charge on any atom is 0.223 e. The highest BCUT2D eigenvalue weighted by molar-refractivity contribution is 9.10. The fraction of sp³-hybridized carbons (Fsp3) is 0.375. The predicted octanol–water partition coefficient (Wildman–Crippen LogP) is 3.64. The van der Waals surface area contributed by atoms with E-state index in [4.69, 9.17) is 22.1 Å². The number of rotatable bonds is 4. The molecule has 1 fully saturated rings. The molecule has 3 N–H and O–H groups in total. The summed E-state index contributed by atoms with van der Waals surface area (Å²) in [6.07, 6.45) is 1.90. The van der Waals surface area contributed by atoms with Crippen molar-refractivity contribution in [3.8, 4) is 0 Å². The number of anilines is 2. The van der Waals surface area contributed by atoms with Gasteiger partial charge >= 0.3 is 0 Å². The molecule has 7 heteroatoms. The Balaban J connectivity index is 1.84. The summed E-state index contributed by atoms with van der Waals surface area (Å²) in [5, 5.41) is 3.70. The van der Waals surface area contributed by atoms with Gasteiger partial charge in [-0.15, -0.1) is 0 Å². The van der Waals surface area contributed by atoms with Crippen molar-refractivity contribution >= 4 is 39.3 Å². The second kappa shape index (κ2) is 7.03. The van der Waals surface area contributed by atoms with Gasteiger partial charge in [0.1, 0.15) is 11.0 Å². The molecule has 1 saturated heterocycles. The maximum atomic E-state index is 5.95. The van der Waals surface area contributed by atoms with Crippen LogP contribution in [0.4, 0.5) is 11.8 Å². The van der Waals surface area contributed by atoms with Crippen LogP contribution in [0.3, 0.4) is 0 Å². The third kappa shape index (κ3) is 3.94. The first-order chi connectivity index (χ1) is 11.1. The van der Waals surface area contributed by atoms with Crippen LogP contribution in [0.15, 0.2) is 34.8 Å². The van der Waals surface area contributed by atoms with Gasteiger partial charge in [-0.1, -0.05) is 39.7 Å². The average molecular weight is 398 g/mol. The van der Waals surface area contributed by atoms with Crippen LogP contribution in [0.25, 0.3) is 0 Å². The first-order valence-corrected chi connectivity index (χ1v) is 8.62. The smallest absolute Gasteiger partial charge is 0.223 e. The number of nitrogens with zero attached hydrogens (tertiary/aromatic N) is 2. The highest BCUT2D eigenvalue weighted by Gasteiger charge is 2.34. The number of ether oxygens (including phenoxy) is 1. The Morgan fingerprint density at radius 3 is 2.74 bits per heavy atom. The quantitative estimate of drug-likeness (QED) is 0.771. The van der Waals surface area contributed by atoms with Crippen LogP contribution < -0.4 is 11.1 Å². The van der Waals surface area contributed by atoms with Crippen molar-refractivity contribution in [1.29, 1.82) is 0 Å². The number of aromatic nitrogens is 2. The van der Waals surface area contributed by atoms with Crippen molar-refractivity contribution in [2.24, 2.45) is 0 Å². The normalized spacial score (nSPS) is 17.0. The lowest BCUT2D eigenvalue weighted by Crippen LogP contribution is -2.40. The molecular formula is C16H18BrClN4O. The van der Waals surface area contributed by atoms with Crippen LogP contribution in [-0.2, 0) is 10.2 Å². The van der Waals surface area contributed by atoms with E-state index in [1.54, 1.807) is 6.07 Å². The molecule has 0 bridgehead atoms. The fourth-order valence-corrected chi connectivity index (χ4v) is 3.52. The van der Waals surface area contributed by atoms with Gasteiger partial charge in [0.05, 0.1) is 0 Å². The van der Waals surface area contributed by atoms with Crippen LogP contribution in [0.5, 0.6) is 0 Å². The molecule has 122 valence electrons. The summed E-state index contributed by atoms with van der Waals surface area (Å²) < 4.78 is 6.64. The molecule has 0 spiro atoms. The van der Waals surface area contributed by atoms with E-state index in [2.05, 4.69) is 49.4 Å². The lowest BCUT2D eigenvalue weighted by molar-refractivity contribution is 0.0543. The molecule has 1 aromatic heterocycles. The summed E-state index contributed by atoms with van der Waals surface area (Å²) in [4.78, 5) is 8.07. The first kappa shape index (κ1) is 16.5. The fourth-order valence-electron chi connectivity index (χ4n) is 2.93. The van der Waals surface area contributed by atoms with E-state index in [1.807, 2.05) is 6.07 Å². The molecule has 23 heavy (non-hydrogen) atoms. The van der Waals surface area contributed by atoms with E-state index >= 15 is 0 Å². The Morgan fingerprint density at radius 1 is 1.26 bits per heavy atom. The number of nitrogen functional groups attached to an aromatic ring is 1. The van der Waals surface area contributed by atoms with Crippen molar-refractivity contribution in [3.05, 3.63) is 45.5 Å². The van der Waals surface area contributed by atoms with E-state index in [9.17, 15) is 0 Å². The van der Waals surface area contributed by atoms with Gasteiger partial charge in [0.2, 0.25) is 5.95 Å². The summed E-state index contributed by atoms with van der Waals surface area (Å²) in [6, 6.07) is 10.1. The molecule has 0 atom stereocenters. The van der Waals surface area contributed by atoms with Crippen LogP contribution in [0.2, 0.25) is 5.15 Å². The zero-order chi connectivity index (χ0) is 16.3. The number of halogens is 2. The van der Waals surface area contributed by atoms with Crippen LogP contribution in [0, 0.1) is 0 Å². The number of nitrogens with one attached hydrogen (secondary N) is 1. The molecule has 3 rings (SSSR count). The Bertz CT molecular complexity index is 671. The molecule has 0 saturated carbocycles. The summed E-state index contributed by atoms with van der Waals surface area (Å²) in [6.45, 7) is 2.24. The monoisotopic (exact) mass is 396 g/mol. The van der Waals surface area contributed by atoms with E-state index in [0.717, 1.165) is 37.1 Å². The van der Waals surface area contributed by atoms with Gasteiger partial charge in [-0.25, -0.2) is 4.98 Å². The topological polar surface area (TPSA) is 73.1 Å². The molecule has 0 unspecified atom stereocenters. The van der Waals surface area contributed by atoms with E-state index < -0.39 is 0 Å². The standard InChI is InChI=1S/C16H18BrClN4O/c17-12-3-1-2-11(8-12)16(4-6-23-7-5-16)10-20-14-9-13(18)21-15(19)22-14/h1-3,8-9H,4-7,10H2,(H3,19,20,21,22). The van der Waals surface area contributed by atoms with E-state index in [-0.39, 0.29) is 11.4 Å². The third-order valence-corrected chi connectivity index (χ3v) is 4.89. The molecular weight excluding hydrogens is 380 g/mol. The molecule has 2 aromatic rings. The lowest BCUT2D eigenvalue weighted by Gasteiger charge is -2.38. The van der Waals surface area contributed by atoms with Crippen molar-refractivity contribution in [2.45, 2.75) is 18.3 Å². The molecule has 1 aliphatic heterocycles. The second-order valence-electron chi connectivity index (χ2n) is 5.69. The van der Waals surface area contributed by atoms with E-state index in [1.165, 1.54) is 5.56 Å². The minimum Gasteiger partial charge on any atom is -0.381 e. The Labute approximate surface area is 148 Å². The Morgan fingerprint density at radius 2 is 2.04 bits per heavy atom. The van der Waals surface area contributed by atoms with Gasteiger partial charge in [-0.05, 0) is 30.5 Å². The second-order valence-corrected chi connectivity index (χ2v) is 6.99. The Kier molecular flexibility index (Phi) is 5.04. The van der Waals surface area contributed by atoms with Gasteiger partial charge < -0.3 is 15.8 Å². The molecule has 2 heterocycles. The summed E-state index contributed by atoms with van der Waals surface area (Å²) in [5.74, 6) is 0.812. The third-order valence-electron chi connectivity index (χ3n) is 4.21. The van der Waals surface area contributed by atoms with Gasteiger partial charge in [-0.3, -0.25) is 0 Å². The van der Waals surface area contributed by atoms with Crippen LogP contribution in [0.1, 0.15) is 18.4 Å². The lowest BCUT2D eigenvalue weighted by atomic mass is 9.74. The molecule has 0 radical (unpaired) electrons. The van der Waals surface area contributed by atoms with Crippen molar-refractivity contribution in [1.82, 2.24) is 9.97 Å². The molecule has 1 aliphatic rings. The number of hydrogen-bond donors (Lipinski definition) is 2. The number of hydrogen-bond acceptors (Lipinski definition) is 5. The molecule has 1 aromatic carbocycles. The minimum atomic E-state index is -0.00574.